The van der Waals surface area contributed by atoms with E-state index in [-0.39, 0.29) is 6.10 Å². The van der Waals surface area contributed by atoms with Gasteiger partial charge in [-0.15, -0.1) is 0 Å². The Balaban J connectivity index is 0.000000413. The van der Waals surface area contributed by atoms with Gasteiger partial charge in [0.15, 0.2) is 0 Å². The average Bonchev–Trinajstić information content (AvgIpc) is 3.40. The molecule has 0 saturated carbocycles. The Morgan fingerprint density at radius 3 is 1.56 bits per heavy atom. The van der Waals surface area contributed by atoms with Crippen molar-refractivity contribution in [3.8, 4) is 0 Å². The van der Waals surface area contributed by atoms with E-state index in [0.29, 0.717) is 31.5 Å². The Bertz CT molecular complexity index is 777. The van der Waals surface area contributed by atoms with Crippen molar-refractivity contribution in [2.24, 2.45) is 5.73 Å². The van der Waals surface area contributed by atoms with Gasteiger partial charge < -0.3 is 34.5 Å². The van der Waals surface area contributed by atoms with Gasteiger partial charge in [0.05, 0.1) is 38.1 Å². The van der Waals surface area contributed by atoms with Crippen LogP contribution in [0.1, 0.15) is 57.8 Å². The predicted octanol–water partition coefficient (Wildman–Crippen LogP) is 9.11. The summed E-state index contributed by atoms with van der Waals surface area (Å²) in [6.07, 6.45) is 11.1. The molecular formula is C37H83NO6Si4. The highest BCUT2D eigenvalue weighted by Crippen LogP contribution is 2.26. The molecule has 288 valence electrons. The molecule has 0 aromatic carbocycles. The zero-order valence-corrected chi connectivity index (χ0v) is 37.6. The van der Waals surface area contributed by atoms with Crippen LogP contribution in [0.2, 0.25) is 102 Å². The number of aliphatic hydroxyl groups is 1. The van der Waals surface area contributed by atoms with Crippen molar-refractivity contribution in [2.45, 2.75) is 184 Å². The predicted molar refractivity (Wildman–Crippen MR) is 218 cm³/mol. The summed E-state index contributed by atoms with van der Waals surface area (Å²) in [5, 5.41) is 10.0. The first-order valence-corrected chi connectivity index (χ1v) is 34.0. The summed E-state index contributed by atoms with van der Waals surface area (Å²) < 4.78 is 27.2. The fourth-order valence-corrected chi connectivity index (χ4v) is 20.1. The van der Waals surface area contributed by atoms with E-state index in [0.717, 1.165) is 71.7 Å². The second-order valence-electron chi connectivity index (χ2n) is 18.9. The van der Waals surface area contributed by atoms with Crippen molar-refractivity contribution in [2.75, 3.05) is 52.8 Å². The first-order chi connectivity index (χ1) is 22.4. The van der Waals surface area contributed by atoms with Crippen LogP contribution in [0.15, 0.2) is 0 Å². The average molecular weight is 750 g/mol. The van der Waals surface area contributed by atoms with E-state index in [2.05, 4.69) is 65.5 Å². The van der Waals surface area contributed by atoms with Gasteiger partial charge in [0, 0.05) is 65.3 Å². The second-order valence-corrected chi connectivity index (χ2v) is 40.8. The molecule has 7 nitrogen and oxygen atoms in total. The molecule has 3 saturated heterocycles. The first kappa shape index (κ1) is 46.6. The normalized spacial score (nSPS) is 22.1. The van der Waals surface area contributed by atoms with Gasteiger partial charge in [-0.1, -0.05) is 102 Å². The number of ether oxygens (including phenoxy) is 5. The third kappa shape index (κ3) is 29.2. The second kappa shape index (κ2) is 24.8. The first-order valence-electron chi connectivity index (χ1n) is 19.8. The lowest BCUT2D eigenvalue weighted by atomic mass is 10.1. The van der Waals surface area contributed by atoms with E-state index in [1.54, 1.807) is 0 Å². The Hall–Kier alpha value is 0.588. The molecule has 3 N–H and O–H groups in total. The number of epoxide rings is 1. The van der Waals surface area contributed by atoms with Crippen LogP contribution in [0.5, 0.6) is 0 Å². The lowest BCUT2D eigenvalue weighted by molar-refractivity contribution is 0.0283. The van der Waals surface area contributed by atoms with Crippen LogP contribution in [-0.2, 0) is 23.7 Å². The molecule has 3 rings (SSSR count). The molecule has 4 unspecified atom stereocenters. The topological polar surface area (TPSA) is 95.7 Å². The molecule has 0 spiro atoms. The number of hydrogen-bond donors (Lipinski definition) is 2. The highest BCUT2D eigenvalue weighted by molar-refractivity contribution is 6.82. The quantitative estimate of drug-likeness (QED) is 0.0612. The number of hydrogen-bond acceptors (Lipinski definition) is 7. The van der Waals surface area contributed by atoms with Crippen LogP contribution in [0, 0.1) is 0 Å². The SMILES string of the molecule is C[Si](C)(C)CC[Si](C)(C)CCCOCC(O)CCCC1CCCO1.C[Si](C)(C)CC[Si](C)(C)CCCOCC1CO1.NCC1CCCO1. The molecule has 48 heavy (non-hydrogen) atoms. The molecule has 0 amide bonds. The molecular weight excluding hydrogens is 667 g/mol. The molecule has 0 aromatic heterocycles. The highest BCUT2D eigenvalue weighted by atomic mass is 28.3. The summed E-state index contributed by atoms with van der Waals surface area (Å²) in [6.45, 7) is 31.5. The summed E-state index contributed by atoms with van der Waals surface area (Å²) in [6, 6.07) is 8.72. The van der Waals surface area contributed by atoms with Crippen LogP contribution >= 0.6 is 0 Å². The zero-order chi connectivity index (χ0) is 36.1. The van der Waals surface area contributed by atoms with E-state index in [1.807, 2.05) is 0 Å². The Morgan fingerprint density at radius 2 is 1.15 bits per heavy atom. The van der Waals surface area contributed by atoms with Gasteiger partial charge in [0.2, 0.25) is 0 Å². The molecule has 0 aliphatic carbocycles. The Labute approximate surface area is 302 Å². The van der Waals surface area contributed by atoms with Crippen LogP contribution in [0.4, 0.5) is 0 Å². The third-order valence-corrected chi connectivity index (χ3v) is 20.9. The molecule has 4 atom stereocenters. The van der Waals surface area contributed by atoms with Crippen molar-refractivity contribution in [1.29, 1.82) is 0 Å². The lowest BCUT2D eigenvalue weighted by Gasteiger charge is -2.26. The van der Waals surface area contributed by atoms with Crippen molar-refractivity contribution in [3.05, 3.63) is 0 Å². The third-order valence-electron chi connectivity index (χ3n) is 9.78. The van der Waals surface area contributed by atoms with Crippen LogP contribution < -0.4 is 5.73 Å². The summed E-state index contributed by atoms with van der Waals surface area (Å²) in [4.78, 5) is 0. The number of rotatable bonds is 23. The van der Waals surface area contributed by atoms with E-state index in [1.165, 1.54) is 61.9 Å². The van der Waals surface area contributed by atoms with Gasteiger partial charge in [-0.25, -0.2) is 0 Å². The van der Waals surface area contributed by atoms with Crippen molar-refractivity contribution in [3.63, 3.8) is 0 Å². The van der Waals surface area contributed by atoms with Crippen molar-refractivity contribution in [1.82, 2.24) is 0 Å². The maximum atomic E-state index is 10.0. The number of aliphatic hydroxyl groups excluding tert-OH is 1. The van der Waals surface area contributed by atoms with Crippen LogP contribution in [-0.4, -0.2) is 115 Å². The summed E-state index contributed by atoms with van der Waals surface area (Å²) in [5.41, 5.74) is 5.31. The molecule has 3 aliphatic heterocycles. The van der Waals surface area contributed by atoms with Crippen molar-refractivity contribution >= 4 is 32.3 Å². The van der Waals surface area contributed by atoms with Gasteiger partial charge in [-0.05, 0) is 57.8 Å². The van der Waals surface area contributed by atoms with Crippen LogP contribution in [0.3, 0.4) is 0 Å². The minimum Gasteiger partial charge on any atom is -0.391 e. The minimum atomic E-state index is -1.05. The molecule has 0 bridgehead atoms. The van der Waals surface area contributed by atoms with Gasteiger partial charge >= 0.3 is 0 Å². The van der Waals surface area contributed by atoms with Crippen molar-refractivity contribution < 1.29 is 28.8 Å². The maximum Gasteiger partial charge on any atom is 0.104 e. The molecule has 11 heteroatoms. The fourth-order valence-electron chi connectivity index (χ4n) is 5.95. The number of nitrogens with two attached hydrogens (primary N) is 1. The standard InChI is InChI=1S/C19H42O3Si2.C13H30O2Si2.C5H11NO/c1-23(2,3)15-16-24(4,5)14-8-12-21-17-18(20)9-6-10-19-11-7-13-22-19;1-16(2,3)9-10-17(4,5)8-6-7-14-11-13-12-15-13;6-4-5-2-1-3-7-5/h18-20H,6-17H2,1-5H3;13H,6-12H2,1-5H3;5H,1-4,6H2. The van der Waals surface area contributed by atoms with E-state index >= 15 is 0 Å². The lowest BCUT2D eigenvalue weighted by Crippen LogP contribution is -2.30. The Morgan fingerprint density at radius 1 is 0.646 bits per heavy atom. The largest absolute Gasteiger partial charge is 0.391 e. The van der Waals surface area contributed by atoms with E-state index in [9.17, 15) is 5.11 Å². The smallest absolute Gasteiger partial charge is 0.104 e. The minimum absolute atomic E-state index is 0.302. The fraction of sp³-hybridized carbons (Fsp3) is 1.00. The zero-order valence-electron chi connectivity index (χ0n) is 33.6. The van der Waals surface area contributed by atoms with Gasteiger partial charge in [-0.3, -0.25) is 0 Å². The van der Waals surface area contributed by atoms with Gasteiger partial charge in [-0.2, -0.15) is 0 Å². The molecule has 3 fully saturated rings. The van der Waals surface area contributed by atoms with E-state index < -0.39 is 32.3 Å². The summed E-state index contributed by atoms with van der Waals surface area (Å²) in [5.74, 6) is 0. The van der Waals surface area contributed by atoms with Gasteiger partial charge in [0.25, 0.3) is 0 Å². The van der Waals surface area contributed by atoms with Crippen LogP contribution in [0.25, 0.3) is 0 Å². The Kier molecular flexibility index (Phi) is 24.0. The molecule has 0 aromatic rings. The summed E-state index contributed by atoms with van der Waals surface area (Å²) >= 11 is 0. The van der Waals surface area contributed by atoms with E-state index in [4.69, 9.17) is 29.4 Å². The summed E-state index contributed by atoms with van der Waals surface area (Å²) in [7, 11) is -3.74. The molecule has 3 heterocycles. The highest BCUT2D eigenvalue weighted by Gasteiger charge is 2.26. The molecule has 0 radical (unpaired) electrons. The molecule has 3 aliphatic rings. The monoisotopic (exact) mass is 750 g/mol. The maximum absolute atomic E-state index is 10.0. The van der Waals surface area contributed by atoms with Gasteiger partial charge in [0.1, 0.15) is 6.10 Å².